The largest absolute Gasteiger partial charge is 0.369 e. The lowest BCUT2D eigenvalue weighted by molar-refractivity contribution is 0.880. The van der Waals surface area contributed by atoms with Gasteiger partial charge in [-0.2, -0.15) is 5.26 Å². The van der Waals surface area contributed by atoms with Crippen LogP contribution >= 0.6 is 0 Å². The fraction of sp³-hybridized carbons (Fsp3) is 0.417. The molecule has 2 rings (SSSR count). The first-order valence-corrected chi connectivity index (χ1v) is 5.92. The molecule has 0 amide bonds. The van der Waals surface area contributed by atoms with Gasteiger partial charge in [0.2, 0.25) is 0 Å². The Kier molecular flexibility index (Phi) is 3.63. The molecule has 2 heterocycles. The Bertz CT molecular complexity index is 567. The molecule has 0 atom stereocenters. The van der Waals surface area contributed by atoms with Crippen LogP contribution in [-0.4, -0.2) is 34.5 Å². The van der Waals surface area contributed by atoms with E-state index >= 15 is 0 Å². The maximum atomic E-state index is 8.64. The third kappa shape index (κ3) is 2.35. The van der Waals surface area contributed by atoms with Crippen LogP contribution in [0.5, 0.6) is 0 Å². The summed E-state index contributed by atoms with van der Waals surface area (Å²) in [6.07, 6.45) is 6.01. The zero-order chi connectivity index (χ0) is 13.0. The Morgan fingerprint density at radius 1 is 1.56 bits per heavy atom. The number of nitriles is 1. The van der Waals surface area contributed by atoms with Crippen LogP contribution in [0.2, 0.25) is 0 Å². The molecule has 2 aromatic heterocycles. The van der Waals surface area contributed by atoms with Gasteiger partial charge in [0.1, 0.15) is 5.82 Å². The molecule has 6 heteroatoms. The number of rotatable bonds is 5. The van der Waals surface area contributed by atoms with Crippen molar-refractivity contribution in [1.82, 2.24) is 14.4 Å². The van der Waals surface area contributed by atoms with Gasteiger partial charge in [-0.3, -0.25) is 0 Å². The highest BCUT2D eigenvalue weighted by Gasteiger charge is 2.11. The van der Waals surface area contributed by atoms with Gasteiger partial charge in [-0.05, 0) is 6.92 Å². The first-order valence-electron chi connectivity index (χ1n) is 5.92. The molecular formula is C12H16N6. The molecule has 0 saturated carbocycles. The summed E-state index contributed by atoms with van der Waals surface area (Å²) >= 11 is 0. The summed E-state index contributed by atoms with van der Waals surface area (Å²) < 4.78 is 1.93. The van der Waals surface area contributed by atoms with E-state index in [0.717, 1.165) is 23.8 Å². The Balaban J connectivity index is 2.40. The molecule has 0 fully saturated rings. The Labute approximate surface area is 106 Å². The highest BCUT2D eigenvalue weighted by molar-refractivity contribution is 5.66. The first kappa shape index (κ1) is 12.2. The SMILES string of the molecule is CCNc1cn2ccnc2c(N(C)CCC#N)n1. The summed E-state index contributed by atoms with van der Waals surface area (Å²) in [5.74, 6) is 1.59. The van der Waals surface area contributed by atoms with Gasteiger partial charge in [-0.1, -0.05) is 0 Å². The van der Waals surface area contributed by atoms with Crippen LogP contribution in [0.4, 0.5) is 11.6 Å². The fourth-order valence-corrected chi connectivity index (χ4v) is 1.76. The summed E-state index contributed by atoms with van der Waals surface area (Å²) in [6, 6.07) is 2.14. The molecule has 0 saturated heterocycles. The maximum Gasteiger partial charge on any atom is 0.180 e. The van der Waals surface area contributed by atoms with Crippen LogP contribution in [0.15, 0.2) is 18.6 Å². The second-order valence-corrected chi connectivity index (χ2v) is 3.97. The number of hydrogen-bond acceptors (Lipinski definition) is 5. The van der Waals surface area contributed by atoms with Crippen molar-refractivity contribution in [2.45, 2.75) is 13.3 Å². The number of imidazole rings is 1. The minimum Gasteiger partial charge on any atom is -0.369 e. The van der Waals surface area contributed by atoms with Crippen molar-refractivity contribution in [3.63, 3.8) is 0 Å². The number of anilines is 2. The average molecular weight is 244 g/mol. The van der Waals surface area contributed by atoms with E-state index < -0.39 is 0 Å². The zero-order valence-corrected chi connectivity index (χ0v) is 10.6. The molecule has 0 spiro atoms. The molecule has 6 nitrogen and oxygen atoms in total. The Morgan fingerprint density at radius 3 is 3.11 bits per heavy atom. The van der Waals surface area contributed by atoms with Gasteiger partial charge in [0.25, 0.3) is 0 Å². The van der Waals surface area contributed by atoms with Crippen LogP contribution in [0.25, 0.3) is 5.65 Å². The van der Waals surface area contributed by atoms with Gasteiger partial charge in [0.05, 0.1) is 18.7 Å². The van der Waals surface area contributed by atoms with Crippen molar-refractivity contribution in [3.8, 4) is 6.07 Å². The minimum absolute atomic E-state index is 0.469. The highest BCUT2D eigenvalue weighted by Crippen LogP contribution is 2.19. The maximum absolute atomic E-state index is 8.64. The van der Waals surface area contributed by atoms with E-state index in [-0.39, 0.29) is 0 Å². The van der Waals surface area contributed by atoms with Gasteiger partial charge in [-0.25, -0.2) is 9.97 Å². The van der Waals surface area contributed by atoms with Crippen molar-refractivity contribution >= 4 is 17.3 Å². The van der Waals surface area contributed by atoms with Crippen molar-refractivity contribution in [2.24, 2.45) is 0 Å². The number of fused-ring (bicyclic) bond motifs is 1. The molecule has 0 aliphatic rings. The monoisotopic (exact) mass is 244 g/mol. The normalized spacial score (nSPS) is 10.3. The first-order chi connectivity index (χ1) is 8.76. The summed E-state index contributed by atoms with van der Waals surface area (Å²) in [5, 5.41) is 11.8. The highest BCUT2D eigenvalue weighted by atomic mass is 15.2. The molecule has 0 radical (unpaired) electrons. The fourth-order valence-electron chi connectivity index (χ4n) is 1.76. The molecule has 0 aliphatic heterocycles. The van der Waals surface area contributed by atoms with Crippen molar-refractivity contribution < 1.29 is 0 Å². The topological polar surface area (TPSA) is 69.2 Å². The van der Waals surface area contributed by atoms with Gasteiger partial charge >= 0.3 is 0 Å². The summed E-state index contributed by atoms with van der Waals surface area (Å²) in [4.78, 5) is 10.8. The molecule has 0 aromatic carbocycles. The number of aromatic nitrogens is 3. The van der Waals surface area contributed by atoms with Gasteiger partial charge < -0.3 is 14.6 Å². The molecule has 2 aromatic rings. The van der Waals surface area contributed by atoms with E-state index in [1.54, 1.807) is 6.20 Å². The molecule has 18 heavy (non-hydrogen) atoms. The number of hydrogen-bond donors (Lipinski definition) is 1. The van der Waals surface area contributed by atoms with E-state index in [1.807, 2.05) is 35.7 Å². The molecule has 94 valence electrons. The summed E-state index contributed by atoms with van der Waals surface area (Å²) in [5.41, 5.74) is 0.803. The molecular weight excluding hydrogens is 228 g/mol. The van der Waals surface area contributed by atoms with E-state index in [1.165, 1.54) is 0 Å². The van der Waals surface area contributed by atoms with E-state index in [4.69, 9.17) is 5.26 Å². The quantitative estimate of drug-likeness (QED) is 0.863. The summed E-state index contributed by atoms with van der Waals surface area (Å²) in [7, 11) is 1.92. The van der Waals surface area contributed by atoms with Crippen molar-refractivity contribution in [3.05, 3.63) is 18.6 Å². The predicted molar refractivity (Wildman–Crippen MR) is 70.7 cm³/mol. The van der Waals surface area contributed by atoms with Crippen LogP contribution < -0.4 is 10.2 Å². The average Bonchev–Trinajstić information content (AvgIpc) is 2.83. The standard InChI is InChI=1S/C12H16N6/c1-3-14-10-9-18-8-6-15-11(18)12(16-10)17(2)7-4-5-13/h6,8-9,14H,3-4,7H2,1-2H3. The van der Waals surface area contributed by atoms with Crippen molar-refractivity contribution in [2.75, 3.05) is 30.4 Å². The van der Waals surface area contributed by atoms with Crippen LogP contribution in [0.3, 0.4) is 0 Å². The van der Waals surface area contributed by atoms with E-state index in [0.29, 0.717) is 13.0 Å². The van der Waals surface area contributed by atoms with Gasteiger partial charge in [0.15, 0.2) is 11.5 Å². The minimum atomic E-state index is 0.469. The molecule has 0 aliphatic carbocycles. The third-order valence-corrected chi connectivity index (χ3v) is 2.63. The predicted octanol–water partition coefficient (Wildman–Crippen LogP) is 1.51. The van der Waals surface area contributed by atoms with E-state index in [9.17, 15) is 0 Å². The van der Waals surface area contributed by atoms with Crippen LogP contribution in [0.1, 0.15) is 13.3 Å². The molecule has 0 bridgehead atoms. The Morgan fingerprint density at radius 2 is 2.39 bits per heavy atom. The lowest BCUT2D eigenvalue weighted by atomic mass is 10.4. The number of nitrogens with one attached hydrogen (secondary N) is 1. The Hall–Kier alpha value is -2.29. The smallest absolute Gasteiger partial charge is 0.180 e. The van der Waals surface area contributed by atoms with E-state index in [2.05, 4.69) is 21.4 Å². The summed E-state index contributed by atoms with van der Waals surface area (Å²) in [6.45, 7) is 3.48. The van der Waals surface area contributed by atoms with Crippen molar-refractivity contribution in [1.29, 1.82) is 5.26 Å². The lowest BCUT2D eigenvalue weighted by Gasteiger charge is -2.18. The third-order valence-electron chi connectivity index (χ3n) is 2.63. The molecule has 1 N–H and O–H groups in total. The zero-order valence-electron chi connectivity index (χ0n) is 10.6. The lowest BCUT2D eigenvalue weighted by Crippen LogP contribution is -2.21. The number of nitrogens with zero attached hydrogens (tertiary/aromatic N) is 5. The van der Waals surface area contributed by atoms with Gasteiger partial charge in [0, 0.05) is 32.5 Å². The van der Waals surface area contributed by atoms with Crippen LogP contribution in [0, 0.1) is 11.3 Å². The van der Waals surface area contributed by atoms with Crippen LogP contribution in [-0.2, 0) is 0 Å². The second-order valence-electron chi connectivity index (χ2n) is 3.97. The van der Waals surface area contributed by atoms with Gasteiger partial charge in [-0.15, -0.1) is 0 Å². The molecule has 0 unspecified atom stereocenters. The second kappa shape index (κ2) is 5.36.